The van der Waals surface area contributed by atoms with Gasteiger partial charge in [0.25, 0.3) is 5.91 Å². The minimum absolute atomic E-state index is 0.109. The summed E-state index contributed by atoms with van der Waals surface area (Å²) < 4.78 is 0. The molecule has 0 spiro atoms. The third kappa shape index (κ3) is 3.11. The minimum atomic E-state index is -0.860. The first-order valence-electron chi connectivity index (χ1n) is 7.81. The summed E-state index contributed by atoms with van der Waals surface area (Å²) in [6.45, 7) is 1.64. The van der Waals surface area contributed by atoms with Gasteiger partial charge < -0.3 is 10.4 Å². The van der Waals surface area contributed by atoms with Crippen molar-refractivity contribution in [3.63, 3.8) is 0 Å². The zero-order valence-corrected chi connectivity index (χ0v) is 13.0. The third-order valence-corrected chi connectivity index (χ3v) is 4.43. The summed E-state index contributed by atoms with van der Waals surface area (Å²) in [5.74, 6) is -1.53. The van der Waals surface area contributed by atoms with E-state index in [1.807, 2.05) is 12.1 Å². The molecule has 0 radical (unpaired) electrons. The van der Waals surface area contributed by atoms with Gasteiger partial charge in [0.2, 0.25) is 0 Å². The highest BCUT2D eigenvalue weighted by Crippen LogP contribution is 2.26. The summed E-state index contributed by atoms with van der Waals surface area (Å²) in [6.07, 6.45) is 3.09. The van der Waals surface area contributed by atoms with Crippen LogP contribution in [0.1, 0.15) is 46.3 Å². The van der Waals surface area contributed by atoms with Crippen LogP contribution in [0.5, 0.6) is 0 Å². The molecule has 0 aliphatic heterocycles. The first kappa shape index (κ1) is 15.3. The van der Waals surface area contributed by atoms with Crippen LogP contribution >= 0.6 is 0 Å². The zero-order valence-electron chi connectivity index (χ0n) is 13.0. The molecule has 0 aromatic heterocycles. The van der Waals surface area contributed by atoms with E-state index in [2.05, 4.69) is 11.4 Å². The van der Waals surface area contributed by atoms with E-state index >= 15 is 0 Å². The second kappa shape index (κ2) is 6.24. The second-order valence-corrected chi connectivity index (χ2v) is 5.93. The van der Waals surface area contributed by atoms with Gasteiger partial charge in [0.1, 0.15) is 0 Å². The fourth-order valence-electron chi connectivity index (χ4n) is 3.03. The van der Waals surface area contributed by atoms with Gasteiger partial charge in [-0.2, -0.15) is 0 Å². The van der Waals surface area contributed by atoms with E-state index in [-0.39, 0.29) is 5.91 Å². The maximum Gasteiger partial charge on any atom is 0.310 e. The van der Waals surface area contributed by atoms with Crippen LogP contribution in [0.4, 0.5) is 5.69 Å². The molecule has 4 heteroatoms. The van der Waals surface area contributed by atoms with Crippen LogP contribution in [0.25, 0.3) is 0 Å². The van der Waals surface area contributed by atoms with Gasteiger partial charge in [0, 0.05) is 11.3 Å². The van der Waals surface area contributed by atoms with Crippen LogP contribution in [0.15, 0.2) is 42.5 Å². The predicted octanol–water partition coefficient (Wildman–Crippen LogP) is 3.62. The Bertz CT molecular complexity index is 750. The minimum Gasteiger partial charge on any atom is -0.481 e. The van der Waals surface area contributed by atoms with Gasteiger partial charge in [-0.3, -0.25) is 9.59 Å². The van der Waals surface area contributed by atoms with E-state index in [0.29, 0.717) is 5.69 Å². The third-order valence-electron chi connectivity index (χ3n) is 4.43. The largest absolute Gasteiger partial charge is 0.481 e. The number of anilines is 1. The molecule has 0 fully saturated rings. The fraction of sp³-hybridized carbons (Fsp3) is 0.263. The lowest BCUT2D eigenvalue weighted by atomic mass is 10.0. The van der Waals surface area contributed by atoms with Crippen molar-refractivity contribution in [2.75, 3.05) is 5.32 Å². The SMILES string of the molecule is CC(C(=O)O)c1ccc(NC(=O)c2cccc3c2CCC3)cc1. The Balaban J connectivity index is 1.76. The molecule has 1 unspecified atom stereocenters. The number of aryl methyl sites for hydroxylation is 1. The summed E-state index contributed by atoms with van der Waals surface area (Å²) in [6, 6.07) is 12.8. The number of carbonyl (C=O) groups is 2. The maximum absolute atomic E-state index is 12.5. The summed E-state index contributed by atoms with van der Waals surface area (Å²) >= 11 is 0. The fourth-order valence-corrected chi connectivity index (χ4v) is 3.03. The Morgan fingerprint density at radius 1 is 1.09 bits per heavy atom. The van der Waals surface area contributed by atoms with E-state index in [1.54, 1.807) is 31.2 Å². The molecule has 1 aliphatic carbocycles. The number of carboxylic acid groups (broad SMARTS) is 1. The number of benzene rings is 2. The molecule has 0 saturated carbocycles. The van der Waals surface area contributed by atoms with E-state index < -0.39 is 11.9 Å². The molecule has 2 N–H and O–H groups in total. The number of amides is 1. The van der Waals surface area contributed by atoms with Crippen LogP contribution in [0.3, 0.4) is 0 Å². The van der Waals surface area contributed by atoms with Crippen LogP contribution in [0, 0.1) is 0 Å². The number of hydrogen-bond acceptors (Lipinski definition) is 2. The Hall–Kier alpha value is -2.62. The lowest BCUT2D eigenvalue weighted by molar-refractivity contribution is -0.138. The van der Waals surface area contributed by atoms with E-state index in [4.69, 9.17) is 5.11 Å². The van der Waals surface area contributed by atoms with Gasteiger partial charge in [0.15, 0.2) is 0 Å². The quantitative estimate of drug-likeness (QED) is 0.906. The van der Waals surface area contributed by atoms with Crippen molar-refractivity contribution in [1.82, 2.24) is 0 Å². The standard InChI is InChI=1S/C19H19NO3/c1-12(19(22)23)13-8-10-15(11-9-13)20-18(21)17-7-3-5-14-4-2-6-16(14)17/h3,5,7-12H,2,4,6H2,1H3,(H,20,21)(H,22,23). The molecule has 1 amide bonds. The Morgan fingerprint density at radius 2 is 1.83 bits per heavy atom. The van der Waals surface area contributed by atoms with Crippen LogP contribution in [-0.2, 0) is 17.6 Å². The Labute approximate surface area is 135 Å². The number of aliphatic carboxylic acids is 1. The normalized spacial score (nSPS) is 14.1. The Morgan fingerprint density at radius 3 is 2.52 bits per heavy atom. The monoisotopic (exact) mass is 309 g/mol. The molecule has 2 aromatic carbocycles. The van der Waals surface area contributed by atoms with E-state index in [1.165, 1.54) is 5.56 Å². The van der Waals surface area contributed by atoms with Crippen LogP contribution in [-0.4, -0.2) is 17.0 Å². The molecule has 0 bridgehead atoms. The highest BCUT2D eigenvalue weighted by molar-refractivity contribution is 6.05. The van der Waals surface area contributed by atoms with Crippen molar-refractivity contribution in [3.05, 3.63) is 64.7 Å². The molecular formula is C19H19NO3. The van der Waals surface area contributed by atoms with Crippen molar-refractivity contribution < 1.29 is 14.7 Å². The van der Waals surface area contributed by atoms with Crippen LogP contribution in [0.2, 0.25) is 0 Å². The average Bonchev–Trinajstić information content (AvgIpc) is 3.03. The average molecular weight is 309 g/mol. The van der Waals surface area contributed by atoms with Gasteiger partial charge >= 0.3 is 5.97 Å². The maximum atomic E-state index is 12.5. The zero-order chi connectivity index (χ0) is 16.4. The van der Waals surface area contributed by atoms with Gasteiger partial charge in [-0.15, -0.1) is 0 Å². The number of hydrogen-bond donors (Lipinski definition) is 2. The summed E-state index contributed by atoms with van der Waals surface area (Å²) in [5.41, 5.74) is 4.55. The van der Waals surface area contributed by atoms with E-state index in [9.17, 15) is 9.59 Å². The lowest BCUT2D eigenvalue weighted by Gasteiger charge is -2.11. The predicted molar refractivity (Wildman–Crippen MR) is 88.9 cm³/mol. The molecule has 23 heavy (non-hydrogen) atoms. The van der Waals surface area contributed by atoms with Crippen molar-refractivity contribution in [1.29, 1.82) is 0 Å². The highest BCUT2D eigenvalue weighted by atomic mass is 16.4. The summed E-state index contributed by atoms with van der Waals surface area (Å²) in [4.78, 5) is 23.5. The summed E-state index contributed by atoms with van der Waals surface area (Å²) in [5, 5.41) is 11.9. The molecule has 4 nitrogen and oxygen atoms in total. The number of fused-ring (bicyclic) bond motifs is 1. The first-order valence-corrected chi connectivity index (χ1v) is 7.81. The van der Waals surface area contributed by atoms with Gasteiger partial charge in [-0.1, -0.05) is 24.3 Å². The topological polar surface area (TPSA) is 66.4 Å². The first-order chi connectivity index (χ1) is 11.1. The number of nitrogens with one attached hydrogen (secondary N) is 1. The Kier molecular flexibility index (Phi) is 4.15. The number of carbonyl (C=O) groups excluding carboxylic acids is 1. The van der Waals surface area contributed by atoms with Gasteiger partial charge in [-0.25, -0.2) is 0 Å². The second-order valence-electron chi connectivity index (χ2n) is 5.93. The van der Waals surface area contributed by atoms with Crippen molar-refractivity contribution in [2.24, 2.45) is 0 Å². The van der Waals surface area contributed by atoms with Crippen molar-refractivity contribution >= 4 is 17.6 Å². The van der Waals surface area contributed by atoms with Crippen LogP contribution < -0.4 is 5.32 Å². The molecule has 0 heterocycles. The van der Waals surface area contributed by atoms with Gasteiger partial charge in [-0.05, 0) is 61.1 Å². The van der Waals surface area contributed by atoms with E-state index in [0.717, 1.165) is 36.0 Å². The molecule has 1 atom stereocenters. The van der Waals surface area contributed by atoms with Gasteiger partial charge in [0.05, 0.1) is 5.92 Å². The van der Waals surface area contributed by atoms with Crippen molar-refractivity contribution in [2.45, 2.75) is 32.1 Å². The highest BCUT2D eigenvalue weighted by Gasteiger charge is 2.19. The molecule has 2 aromatic rings. The molecular weight excluding hydrogens is 290 g/mol. The van der Waals surface area contributed by atoms with Crippen molar-refractivity contribution in [3.8, 4) is 0 Å². The smallest absolute Gasteiger partial charge is 0.310 e. The summed E-state index contributed by atoms with van der Waals surface area (Å²) in [7, 11) is 0. The molecule has 1 aliphatic rings. The molecule has 0 saturated heterocycles. The number of carboxylic acids is 1. The molecule has 118 valence electrons. The molecule has 3 rings (SSSR count). The lowest BCUT2D eigenvalue weighted by Crippen LogP contribution is -2.14. The number of rotatable bonds is 4.